The number of thiazole rings is 1. The summed E-state index contributed by atoms with van der Waals surface area (Å²) in [7, 11) is 4.07. The molecule has 0 bridgehead atoms. The zero-order chi connectivity index (χ0) is 19.9. The maximum Gasteiger partial charge on any atom is 0.185 e. The minimum Gasteiger partial charge on any atom is -0.354 e. The summed E-state index contributed by atoms with van der Waals surface area (Å²) in [6, 6.07) is 8.93. The molecule has 148 valence electrons. The molecule has 1 atom stereocenters. The third-order valence-corrected chi connectivity index (χ3v) is 6.57. The van der Waals surface area contributed by atoms with E-state index in [0.29, 0.717) is 6.04 Å². The van der Waals surface area contributed by atoms with Gasteiger partial charge in [0.25, 0.3) is 0 Å². The first kappa shape index (κ1) is 19.2. The lowest BCUT2D eigenvalue weighted by Gasteiger charge is -2.36. The van der Waals surface area contributed by atoms with Crippen molar-refractivity contribution in [3.63, 3.8) is 0 Å². The molecular weight excluding hydrogens is 366 g/mol. The van der Waals surface area contributed by atoms with Crippen LogP contribution in [0.25, 0.3) is 5.69 Å². The Labute approximate surface area is 171 Å². The lowest BCUT2D eigenvalue weighted by atomic mass is 9.74. The number of hydrogen-bond acceptors (Lipinski definition) is 5. The Kier molecular flexibility index (Phi) is 5.02. The Morgan fingerprint density at radius 1 is 1.21 bits per heavy atom. The van der Waals surface area contributed by atoms with Crippen LogP contribution in [0.5, 0.6) is 0 Å². The van der Waals surface area contributed by atoms with Gasteiger partial charge < -0.3 is 10.2 Å². The van der Waals surface area contributed by atoms with Gasteiger partial charge in [0.15, 0.2) is 5.13 Å². The van der Waals surface area contributed by atoms with Crippen LogP contribution in [0.1, 0.15) is 48.0 Å². The van der Waals surface area contributed by atoms with Crippen LogP contribution in [0.2, 0.25) is 0 Å². The molecule has 2 aromatic heterocycles. The number of aromatic nitrogens is 3. The molecule has 3 aromatic rings. The van der Waals surface area contributed by atoms with Crippen LogP contribution in [0, 0.1) is 12.3 Å². The molecule has 6 heteroatoms. The van der Waals surface area contributed by atoms with E-state index in [4.69, 9.17) is 5.10 Å². The number of anilines is 1. The van der Waals surface area contributed by atoms with Crippen molar-refractivity contribution in [3.8, 4) is 5.69 Å². The van der Waals surface area contributed by atoms with Crippen molar-refractivity contribution in [2.45, 2.75) is 46.2 Å². The normalized spacial score (nSPS) is 18.1. The maximum absolute atomic E-state index is 4.76. The Morgan fingerprint density at radius 2 is 1.96 bits per heavy atom. The number of nitrogens with one attached hydrogen (secondary N) is 1. The first-order chi connectivity index (χ1) is 13.3. The lowest BCUT2D eigenvalue weighted by molar-refractivity contribution is 0.253. The van der Waals surface area contributed by atoms with E-state index in [1.807, 2.05) is 20.3 Å². The third-order valence-electron chi connectivity index (χ3n) is 5.40. The van der Waals surface area contributed by atoms with Crippen LogP contribution in [0.3, 0.4) is 0 Å². The van der Waals surface area contributed by atoms with Crippen molar-refractivity contribution in [3.05, 3.63) is 58.4 Å². The van der Waals surface area contributed by atoms with Crippen LogP contribution in [-0.4, -0.2) is 28.9 Å². The van der Waals surface area contributed by atoms with Crippen molar-refractivity contribution >= 4 is 16.5 Å². The van der Waals surface area contributed by atoms with Gasteiger partial charge in [0, 0.05) is 49.0 Å². The van der Waals surface area contributed by atoms with Crippen molar-refractivity contribution in [2.75, 3.05) is 19.0 Å². The lowest BCUT2D eigenvalue weighted by Crippen LogP contribution is -2.33. The minimum absolute atomic E-state index is 0.232. The van der Waals surface area contributed by atoms with Crippen molar-refractivity contribution in [2.24, 2.45) is 5.41 Å². The summed E-state index contributed by atoms with van der Waals surface area (Å²) in [5, 5.41) is 9.58. The topological polar surface area (TPSA) is 46.0 Å². The number of aryl methyl sites for hydroxylation is 1. The quantitative estimate of drug-likeness (QED) is 0.691. The molecule has 0 unspecified atom stereocenters. The highest BCUT2D eigenvalue weighted by atomic mass is 32.1. The van der Waals surface area contributed by atoms with E-state index in [2.05, 4.69) is 71.1 Å². The summed E-state index contributed by atoms with van der Waals surface area (Å²) in [5.74, 6) is 0. The van der Waals surface area contributed by atoms with Crippen molar-refractivity contribution < 1.29 is 0 Å². The number of nitrogens with zero attached hydrogens (tertiary/aromatic N) is 4. The van der Waals surface area contributed by atoms with Gasteiger partial charge in [-0.25, -0.2) is 9.67 Å². The number of rotatable bonds is 5. The second-order valence-electron chi connectivity index (χ2n) is 8.78. The van der Waals surface area contributed by atoms with Crippen LogP contribution in [0.4, 0.5) is 5.13 Å². The molecule has 2 heterocycles. The van der Waals surface area contributed by atoms with Crippen LogP contribution >= 0.6 is 11.3 Å². The smallest absolute Gasteiger partial charge is 0.185 e. The van der Waals surface area contributed by atoms with E-state index < -0.39 is 0 Å². The number of hydrogen-bond donors (Lipinski definition) is 1. The van der Waals surface area contributed by atoms with Gasteiger partial charge in [0.1, 0.15) is 0 Å². The Morgan fingerprint density at radius 3 is 2.64 bits per heavy atom. The van der Waals surface area contributed by atoms with Gasteiger partial charge in [0.2, 0.25) is 0 Å². The molecule has 0 amide bonds. The largest absolute Gasteiger partial charge is 0.354 e. The average Bonchev–Trinajstić information content (AvgIpc) is 3.27. The second kappa shape index (κ2) is 7.33. The van der Waals surface area contributed by atoms with Gasteiger partial charge in [-0.05, 0) is 37.3 Å². The van der Waals surface area contributed by atoms with Crippen molar-refractivity contribution in [1.82, 2.24) is 20.1 Å². The first-order valence-electron chi connectivity index (χ1n) is 9.82. The molecule has 0 spiro atoms. The molecule has 4 rings (SSSR count). The minimum atomic E-state index is 0.232. The summed E-state index contributed by atoms with van der Waals surface area (Å²) in [6.07, 6.45) is 6.19. The first-order valence-corrected chi connectivity index (χ1v) is 10.6. The van der Waals surface area contributed by atoms with Gasteiger partial charge in [-0.1, -0.05) is 31.5 Å². The standard InChI is InChI=1S/C22H29N5S/c1-15-6-8-16(9-7-15)27-20-11-22(2,3)10-19(18(20)14-25-27)23-12-17-13-24-21(28-17)26(4)5/h6-9,13-14,19,23H,10-12H2,1-5H3/t19-/m0/s1. The summed E-state index contributed by atoms with van der Waals surface area (Å²) in [6.45, 7) is 7.66. The Bertz CT molecular complexity index is 952. The molecule has 0 radical (unpaired) electrons. The zero-order valence-corrected chi connectivity index (χ0v) is 18.2. The van der Waals surface area contributed by atoms with Gasteiger partial charge in [-0.15, -0.1) is 11.3 Å². The van der Waals surface area contributed by atoms with Gasteiger partial charge in [-0.3, -0.25) is 0 Å². The molecule has 5 nitrogen and oxygen atoms in total. The van der Waals surface area contributed by atoms with E-state index in [9.17, 15) is 0 Å². The van der Waals surface area contributed by atoms with Gasteiger partial charge in [-0.2, -0.15) is 5.10 Å². The van der Waals surface area contributed by atoms with Gasteiger partial charge in [0.05, 0.1) is 11.9 Å². The molecule has 1 N–H and O–H groups in total. The monoisotopic (exact) mass is 395 g/mol. The predicted molar refractivity (Wildman–Crippen MR) is 116 cm³/mol. The molecule has 0 aliphatic heterocycles. The molecule has 0 saturated carbocycles. The highest BCUT2D eigenvalue weighted by Gasteiger charge is 2.35. The molecule has 1 aliphatic rings. The van der Waals surface area contributed by atoms with Crippen LogP contribution < -0.4 is 10.2 Å². The molecule has 0 saturated heterocycles. The van der Waals surface area contributed by atoms with Crippen molar-refractivity contribution in [1.29, 1.82) is 0 Å². The highest BCUT2D eigenvalue weighted by Crippen LogP contribution is 2.41. The molecule has 1 aromatic carbocycles. The van der Waals surface area contributed by atoms with Crippen LogP contribution in [-0.2, 0) is 13.0 Å². The molecule has 1 aliphatic carbocycles. The molecule has 28 heavy (non-hydrogen) atoms. The van der Waals surface area contributed by atoms with E-state index in [1.54, 1.807) is 11.3 Å². The molecular formula is C22H29N5S. The maximum atomic E-state index is 4.76. The summed E-state index contributed by atoms with van der Waals surface area (Å²) >= 11 is 1.75. The van der Waals surface area contributed by atoms with E-state index in [1.165, 1.54) is 21.7 Å². The summed E-state index contributed by atoms with van der Waals surface area (Å²) < 4.78 is 2.13. The summed E-state index contributed by atoms with van der Waals surface area (Å²) in [4.78, 5) is 7.81. The van der Waals surface area contributed by atoms with E-state index in [0.717, 1.165) is 30.2 Å². The zero-order valence-electron chi connectivity index (χ0n) is 17.4. The third kappa shape index (κ3) is 3.84. The fourth-order valence-corrected chi connectivity index (χ4v) is 4.73. The van der Waals surface area contributed by atoms with E-state index in [-0.39, 0.29) is 5.41 Å². The number of fused-ring (bicyclic) bond motifs is 1. The Hall–Kier alpha value is -2.18. The predicted octanol–water partition coefficient (Wildman–Crippen LogP) is 4.51. The van der Waals surface area contributed by atoms with Gasteiger partial charge >= 0.3 is 0 Å². The Balaban J connectivity index is 1.59. The number of benzene rings is 1. The average molecular weight is 396 g/mol. The second-order valence-corrected chi connectivity index (χ2v) is 9.87. The van der Waals surface area contributed by atoms with Crippen LogP contribution in [0.15, 0.2) is 36.7 Å². The van der Waals surface area contributed by atoms with E-state index >= 15 is 0 Å². The highest BCUT2D eigenvalue weighted by molar-refractivity contribution is 7.15. The fourth-order valence-electron chi connectivity index (χ4n) is 3.94. The fraction of sp³-hybridized carbons (Fsp3) is 0.455. The summed E-state index contributed by atoms with van der Waals surface area (Å²) in [5.41, 5.74) is 5.30. The molecule has 0 fully saturated rings. The SMILES string of the molecule is Cc1ccc(-n2ncc3c2CC(C)(C)C[C@@H]3NCc2cnc(N(C)C)s2)cc1.